The molecular weight excluding hydrogens is 396 g/mol. The van der Waals surface area contributed by atoms with Gasteiger partial charge in [-0.3, -0.25) is 9.59 Å². The van der Waals surface area contributed by atoms with Gasteiger partial charge in [-0.1, -0.05) is 23.7 Å². The van der Waals surface area contributed by atoms with Crippen LogP contribution >= 0.6 is 23.4 Å². The Morgan fingerprint density at radius 1 is 1.11 bits per heavy atom. The van der Waals surface area contributed by atoms with Crippen molar-refractivity contribution in [3.63, 3.8) is 0 Å². The number of halogens is 1. The molecule has 0 radical (unpaired) electrons. The van der Waals surface area contributed by atoms with Crippen LogP contribution in [0.25, 0.3) is 0 Å². The molecule has 3 rings (SSSR count). The summed E-state index contributed by atoms with van der Waals surface area (Å²) >= 11 is 7.37. The number of hydrogen-bond donors (Lipinski definition) is 1. The van der Waals surface area contributed by atoms with Crippen molar-refractivity contribution in [3.05, 3.63) is 64.7 Å². The molecule has 28 heavy (non-hydrogen) atoms. The fourth-order valence-electron chi connectivity index (χ4n) is 2.82. The number of nitrogens with one attached hydrogen (secondary N) is 1. The summed E-state index contributed by atoms with van der Waals surface area (Å²) in [4.78, 5) is 27.6. The normalized spacial score (nSPS) is 15.1. The van der Waals surface area contributed by atoms with Gasteiger partial charge >= 0.3 is 0 Å². The highest BCUT2D eigenvalue weighted by molar-refractivity contribution is 8.00. The van der Waals surface area contributed by atoms with E-state index in [9.17, 15) is 9.59 Å². The van der Waals surface area contributed by atoms with Gasteiger partial charge in [-0.15, -0.1) is 11.8 Å². The van der Waals surface area contributed by atoms with Crippen LogP contribution in [0.15, 0.2) is 53.4 Å². The van der Waals surface area contributed by atoms with Gasteiger partial charge in [-0.2, -0.15) is 0 Å². The van der Waals surface area contributed by atoms with Gasteiger partial charge in [-0.05, 0) is 48.9 Å². The zero-order valence-electron chi connectivity index (χ0n) is 15.7. The number of thioether (sulfide) groups is 1. The van der Waals surface area contributed by atoms with Crippen LogP contribution in [-0.4, -0.2) is 48.3 Å². The Bertz CT molecular complexity index is 805. The van der Waals surface area contributed by atoms with E-state index in [0.717, 1.165) is 10.5 Å². The number of nitrogens with zero attached hydrogens (tertiary/aromatic N) is 1. The first kappa shape index (κ1) is 20.7. The maximum atomic E-state index is 12.5. The molecule has 1 fully saturated rings. The van der Waals surface area contributed by atoms with Crippen molar-refractivity contribution in [2.45, 2.75) is 23.6 Å². The first-order chi connectivity index (χ1) is 13.5. The van der Waals surface area contributed by atoms with Crippen LogP contribution in [0, 0.1) is 0 Å². The van der Waals surface area contributed by atoms with Crippen LogP contribution in [0.1, 0.15) is 22.8 Å². The van der Waals surface area contributed by atoms with Crippen LogP contribution in [0.4, 0.5) is 0 Å². The molecular formula is C21H23ClN2O3S. The second-order valence-electron chi connectivity index (χ2n) is 6.53. The molecule has 0 saturated carbocycles. The smallest absolute Gasteiger partial charge is 0.254 e. The number of carbonyl (C=O) groups excluding carboxylic acids is 2. The maximum Gasteiger partial charge on any atom is 0.254 e. The summed E-state index contributed by atoms with van der Waals surface area (Å²) in [7, 11) is 0. The van der Waals surface area contributed by atoms with Crippen molar-refractivity contribution in [1.82, 2.24) is 10.2 Å². The summed E-state index contributed by atoms with van der Waals surface area (Å²) in [6, 6.07) is 14.8. The molecule has 1 heterocycles. The molecule has 148 valence electrons. The van der Waals surface area contributed by atoms with E-state index in [-0.39, 0.29) is 17.1 Å². The molecule has 0 unspecified atom stereocenters. The largest absolute Gasteiger partial charge is 0.378 e. The standard InChI is InChI=1S/C21H23ClN2O3S/c1-15(28-19-8-6-18(22)7-9-19)20(25)23-14-16-2-4-17(5-3-16)21(26)24-10-12-27-13-11-24/h2-9,15H,10-14H2,1H3,(H,23,25)/t15-/m0/s1. The third-order valence-electron chi connectivity index (χ3n) is 4.46. The van der Waals surface area contributed by atoms with Gasteiger partial charge in [0.15, 0.2) is 0 Å². The number of benzene rings is 2. The first-order valence-electron chi connectivity index (χ1n) is 9.19. The van der Waals surface area contributed by atoms with Crippen molar-refractivity contribution >= 4 is 35.2 Å². The molecule has 2 aromatic carbocycles. The average molecular weight is 419 g/mol. The highest BCUT2D eigenvalue weighted by atomic mass is 35.5. The van der Waals surface area contributed by atoms with Gasteiger partial charge in [0.2, 0.25) is 5.91 Å². The van der Waals surface area contributed by atoms with E-state index >= 15 is 0 Å². The summed E-state index contributed by atoms with van der Waals surface area (Å²) < 4.78 is 5.28. The quantitative estimate of drug-likeness (QED) is 0.728. The van der Waals surface area contributed by atoms with Gasteiger partial charge in [0.05, 0.1) is 18.5 Å². The van der Waals surface area contributed by atoms with Crippen molar-refractivity contribution in [2.24, 2.45) is 0 Å². The average Bonchev–Trinajstić information content (AvgIpc) is 2.74. The monoisotopic (exact) mass is 418 g/mol. The Hall–Kier alpha value is -2.02. The van der Waals surface area contributed by atoms with E-state index in [0.29, 0.717) is 43.4 Å². The van der Waals surface area contributed by atoms with Crippen molar-refractivity contribution in [3.8, 4) is 0 Å². The molecule has 7 heteroatoms. The first-order valence-corrected chi connectivity index (χ1v) is 10.4. The van der Waals surface area contributed by atoms with E-state index in [2.05, 4.69) is 5.32 Å². The molecule has 0 spiro atoms. The molecule has 1 aliphatic heterocycles. The fourth-order valence-corrected chi connectivity index (χ4v) is 3.84. The molecule has 5 nitrogen and oxygen atoms in total. The lowest BCUT2D eigenvalue weighted by Gasteiger charge is -2.26. The topological polar surface area (TPSA) is 58.6 Å². The van der Waals surface area contributed by atoms with E-state index < -0.39 is 0 Å². The molecule has 1 N–H and O–H groups in total. The summed E-state index contributed by atoms with van der Waals surface area (Å²) in [5.41, 5.74) is 1.61. The van der Waals surface area contributed by atoms with E-state index in [1.807, 2.05) is 55.5 Å². The lowest BCUT2D eigenvalue weighted by atomic mass is 10.1. The number of amides is 2. The molecule has 0 aliphatic carbocycles. The van der Waals surface area contributed by atoms with Crippen LogP contribution in [0.2, 0.25) is 5.02 Å². The molecule has 0 aromatic heterocycles. The summed E-state index contributed by atoms with van der Waals surface area (Å²) in [5.74, 6) is -0.0136. The SMILES string of the molecule is C[C@H](Sc1ccc(Cl)cc1)C(=O)NCc1ccc(C(=O)N2CCOCC2)cc1. The minimum Gasteiger partial charge on any atom is -0.378 e. The van der Waals surface area contributed by atoms with E-state index in [4.69, 9.17) is 16.3 Å². The lowest BCUT2D eigenvalue weighted by Crippen LogP contribution is -2.40. The summed E-state index contributed by atoms with van der Waals surface area (Å²) in [6.45, 7) is 4.72. The summed E-state index contributed by atoms with van der Waals surface area (Å²) in [5, 5.41) is 3.40. The number of ether oxygens (including phenoxy) is 1. The van der Waals surface area contributed by atoms with Crippen LogP contribution in [-0.2, 0) is 16.1 Å². The van der Waals surface area contributed by atoms with Gasteiger partial charge in [0, 0.05) is 35.1 Å². The van der Waals surface area contributed by atoms with Crippen molar-refractivity contribution in [2.75, 3.05) is 26.3 Å². The second kappa shape index (κ2) is 9.96. The van der Waals surface area contributed by atoms with Gasteiger partial charge in [-0.25, -0.2) is 0 Å². The number of hydrogen-bond acceptors (Lipinski definition) is 4. The predicted molar refractivity (Wildman–Crippen MR) is 112 cm³/mol. The van der Waals surface area contributed by atoms with Crippen LogP contribution in [0.5, 0.6) is 0 Å². The predicted octanol–water partition coefficient (Wildman–Crippen LogP) is 3.61. The van der Waals surface area contributed by atoms with Gasteiger partial charge < -0.3 is 15.0 Å². The highest BCUT2D eigenvalue weighted by Crippen LogP contribution is 2.24. The number of morpholine rings is 1. The van der Waals surface area contributed by atoms with E-state index in [1.54, 1.807) is 4.90 Å². The second-order valence-corrected chi connectivity index (χ2v) is 8.38. The molecule has 0 bridgehead atoms. The third-order valence-corrected chi connectivity index (χ3v) is 5.83. The van der Waals surface area contributed by atoms with Crippen LogP contribution < -0.4 is 5.32 Å². The maximum absolute atomic E-state index is 12.5. The number of rotatable bonds is 6. The van der Waals surface area contributed by atoms with Gasteiger partial charge in [0.1, 0.15) is 0 Å². The molecule has 1 atom stereocenters. The minimum atomic E-state index is -0.219. The third kappa shape index (κ3) is 5.74. The summed E-state index contributed by atoms with van der Waals surface area (Å²) in [6.07, 6.45) is 0. The molecule has 1 aliphatic rings. The Kier molecular flexibility index (Phi) is 7.36. The Balaban J connectivity index is 1.49. The molecule has 1 saturated heterocycles. The zero-order chi connectivity index (χ0) is 19.9. The molecule has 2 aromatic rings. The Labute approximate surface area is 174 Å². The van der Waals surface area contributed by atoms with Gasteiger partial charge in [0.25, 0.3) is 5.91 Å². The fraction of sp³-hybridized carbons (Fsp3) is 0.333. The van der Waals surface area contributed by atoms with Crippen molar-refractivity contribution in [1.29, 1.82) is 0 Å². The van der Waals surface area contributed by atoms with E-state index in [1.165, 1.54) is 11.8 Å². The minimum absolute atomic E-state index is 0.0203. The van der Waals surface area contributed by atoms with Crippen LogP contribution in [0.3, 0.4) is 0 Å². The Morgan fingerprint density at radius 3 is 2.39 bits per heavy atom. The zero-order valence-corrected chi connectivity index (χ0v) is 17.3. The molecule has 2 amide bonds. The number of carbonyl (C=O) groups is 2. The lowest BCUT2D eigenvalue weighted by molar-refractivity contribution is -0.120. The highest BCUT2D eigenvalue weighted by Gasteiger charge is 2.18. The van der Waals surface area contributed by atoms with Crippen molar-refractivity contribution < 1.29 is 14.3 Å². The Morgan fingerprint density at radius 2 is 1.75 bits per heavy atom.